The Kier molecular flexibility index (Phi) is 25.6. The third kappa shape index (κ3) is 20.7. The lowest BCUT2D eigenvalue weighted by molar-refractivity contribution is -0.199. The molecule has 0 spiro atoms. The Morgan fingerprint density at radius 1 is 0.789 bits per heavy atom. The van der Waals surface area contributed by atoms with E-state index in [-0.39, 0.29) is 12.7 Å². The molecule has 226 valence electrons. The average molecular weight is 579 g/mol. The van der Waals surface area contributed by atoms with Gasteiger partial charge in [-0.2, -0.15) is 11.8 Å². The first kappa shape index (κ1) is 37.8. The molecule has 0 amide bonds. The van der Waals surface area contributed by atoms with E-state index in [1.54, 1.807) is 13.8 Å². The molecule has 3 atom stereocenters. The van der Waals surface area contributed by atoms with Gasteiger partial charge in [-0.05, 0) is 45.8 Å². The number of carbonyl (C=O) groups is 1. The number of aliphatic hydroxyl groups is 1. The summed E-state index contributed by atoms with van der Waals surface area (Å²) in [5.41, 5.74) is -2.46. The van der Waals surface area contributed by atoms with Gasteiger partial charge >= 0.3 is 11.5 Å². The smallest absolute Gasteiger partial charge is 0.380 e. The predicted molar refractivity (Wildman–Crippen MR) is 161 cm³/mol. The molecule has 0 heterocycles. The summed E-state index contributed by atoms with van der Waals surface area (Å²) in [5.74, 6) is 0.145. The number of hydrogen-bond acceptors (Lipinski definition) is 7. The van der Waals surface area contributed by atoms with Crippen LogP contribution < -0.4 is 0 Å². The zero-order valence-electron chi connectivity index (χ0n) is 25.2. The summed E-state index contributed by atoms with van der Waals surface area (Å²) in [5, 5.41) is 10.6. The first-order valence-corrected chi connectivity index (χ1v) is 17.3. The van der Waals surface area contributed by atoms with Crippen LogP contribution in [-0.2, 0) is 23.6 Å². The quantitative estimate of drug-likeness (QED) is 0.0429. The minimum Gasteiger partial charge on any atom is -0.458 e. The maximum Gasteiger partial charge on any atom is 0.380 e. The molecule has 0 bridgehead atoms. The number of thioether (sulfide) groups is 1. The van der Waals surface area contributed by atoms with E-state index in [0.717, 1.165) is 0 Å². The van der Waals surface area contributed by atoms with Crippen LogP contribution in [0.5, 0.6) is 0 Å². The maximum absolute atomic E-state index is 12.0. The lowest BCUT2D eigenvalue weighted by Gasteiger charge is -2.25. The van der Waals surface area contributed by atoms with Gasteiger partial charge < -0.3 is 19.3 Å². The zero-order valence-corrected chi connectivity index (χ0v) is 26.9. The molecule has 38 heavy (non-hydrogen) atoms. The standard InChI is InChI=1S/C30H59O6PS/c1-6-8-10-12-14-16-18-20-25-38-28(22-19-17-15-13-11-9-7-2)27(5)34-23-21-24-35-30(32,37-33)29(31)36-26(3)4/h26-28,32H,6-25H2,1-5H3. The van der Waals surface area contributed by atoms with Crippen molar-refractivity contribution in [2.45, 2.75) is 167 Å². The molecule has 0 saturated heterocycles. The minimum atomic E-state index is -2.46. The van der Waals surface area contributed by atoms with E-state index in [1.165, 1.54) is 108 Å². The summed E-state index contributed by atoms with van der Waals surface area (Å²) in [6.45, 7) is 10.5. The second kappa shape index (κ2) is 25.7. The van der Waals surface area contributed by atoms with E-state index in [0.29, 0.717) is 18.3 Å². The largest absolute Gasteiger partial charge is 0.458 e. The van der Waals surface area contributed by atoms with Crippen LogP contribution in [0.25, 0.3) is 0 Å². The van der Waals surface area contributed by atoms with Gasteiger partial charge in [-0.3, -0.25) is 4.57 Å². The van der Waals surface area contributed by atoms with Crippen LogP contribution in [-0.4, -0.2) is 53.0 Å². The molecule has 3 unspecified atom stereocenters. The third-order valence-electron chi connectivity index (χ3n) is 6.65. The fraction of sp³-hybridized carbons (Fsp3) is 0.967. The third-order valence-corrected chi connectivity index (χ3v) is 8.78. The van der Waals surface area contributed by atoms with Crippen molar-refractivity contribution in [2.75, 3.05) is 19.0 Å². The first-order chi connectivity index (χ1) is 18.3. The molecular formula is C30H59O6PS. The van der Waals surface area contributed by atoms with E-state index >= 15 is 0 Å². The van der Waals surface area contributed by atoms with Gasteiger partial charge in [0.05, 0.1) is 18.8 Å². The van der Waals surface area contributed by atoms with Crippen LogP contribution in [0.15, 0.2) is 0 Å². The minimum absolute atomic E-state index is 0.0550. The molecule has 0 aliphatic heterocycles. The lowest BCUT2D eigenvalue weighted by Crippen LogP contribution is -2.39. The molecule has 1 N–H and O–H groups in total. The molecule has 6 nitrogen and oxygen atoms in total. The van der Waals surface area contributed by atoms with Crippen molar-refractivity contribution in [3.8, 4) is 0 Å². The van der Waals surface area contributed by atoms with Crippen LogP contribution >= 0.6 is 20.2 Å². The summed E-state index contributed by atoms with van der Waals surface area (Å²) in [6.07, 6.45) is 21.3. The molecule has 0 aromatic heterocycles. The Morgan fingerprint density at radius 2 is 1.32 bits per heavy atom. The Morgan fingerprint density at radius 3 is 1.84 bits per heavy atom. The van der Waals surface area contributed by atoms with Gasteiger partial charge in [-0.15, -0.1) is 0 Å². The van der Waals surface area contributed by atoms with Crippen molar-refractivity contribution in [1.82, 2.24) is 0 Å². The van der Waals surface area contributed by atoms with Gasteiger partial charge in [0.1, 0.15) is 0 Å². The number of esters is 1. The molecule has 0 fully saturated rings. The summed E-state index contributed by atoms with van der Waals surface area (Å²) in [6, 6.07) is 0. The summed E-state index contributed by atoms with van der Waals surface area (Å²) >= 11 is 2.05. The number of ether oxygens (including phenoxy) is 3. The van der Waals surface area contributed by atoms with Crippen molar-refractivity contribution < 1.29 is 28.7 Å². The predicted octanol–water partition coefficient (Wildman–Crippen LogP) is 9.07. The van der Waals surface area contributed by atoms with Crippen molar-refractivity contribution in [2.24, 2.45) is 0 Å². The highest BCUT2D eigenvalue weighted by Crippen LogP contribution is 2.26. The highest BCUT2D eigenvalue weighted by molar-refractivity contribution is 7.99. The fourth-order valence-corrected chi connectivity index (χ4v) is 5.92. The van der Waals surface area contributed by atoms with Gasteiger partial charge in [-0.25, -0.2) is 4.79 Å². The van der Waals surface area contributed by atoms with Gasteiger partial charge in [0.2, 0.25) is 8.46 Å². The van der Waals surface area contributed by atoms with E-state index < -0.39 is 26.1 Å². The van der Waals surface area contributed by atoms with Crippen molar-refractivity contribution in [1.29, 1.82) is 0 Å². The van der Waals surface area contributed by atoms with E-state index in [2.05, 4.69) is 32.5 Å². The van der Waals surface area contributed by atoms with E-state index in [4.69, 9.17) is 14.2 Å². The number of rotatable bonds is 28. The van der Waals surface area contributed by atoms with Crippen LogP contribution in [0.3, 0.4) is 0 Å². The second-order valence-corrected chi connectivity index (χ2v) is 12.9. The van der Waals surface area contributed by atoms with Crippen LogP contribution in [0.2, 0.25) is 0 Å². The van der Waals surface area contributed by atoms with Crippen molar-refractivity contribution in [3.05, 3.63) is 0 Å². The highest BCUT2D eigenvalue weighted by atomic mass is 32.2. The summed E-state index contributed by atoms with van der Waals surface area (Å²) in [4.78, 5) is 12.0. The van der Waals surface area contributed by atoms with Gasteiger partial charge in [0.15, 0.2) is 0 Å². The monoisotopic (exact) mass is 578 g/mol. The summed E-state index contributed by atoms with van der Waals surface area (Å²) < 4.78 is 27.6. The Balaban J connectivity index is 4.41. The second-order valence-electron chi connectivity index (χ2n) is 10.7. The fourth-order valence-electron chi connectivity index (χ4n) is 4.29. The number of carbonyl (C=O) groups excluding carboxylic acids is 1. The maximum atomic E-state index is 12.0. The normalized spacial score (nSPS) is 15.0. The lowest BCUT2D eigenvalue weighted by atomic mass is 10.1. The summed E-state index contributed by atoms with van der Waals surface area (Å²) in [7, 11) is -0.830. The molecule has 0 radical (unpaired) electrons. The Labute approximate surface area is 240 Å². The molecule has 0 saturated carbocycles. The zero-order chi connectivity index (χ0) is 28.5. The van der Waals surface area contributed by atoms with Crippen LogP contribution in [0, 0.1) is 0 Å². The molecule has 8 heteroatoms. The Bertz CT molecular complexity index is 565. The molecular weight excluding hydrogens is 519 g/mol. The van der Waals surface area contributed by atoms with E-state index in [9.17, 15) is 14.5 Å². The van der Waals surface area contributed by atoms with Crippen LogP contribution in [0.1, 0.15) is 144 Å². The molecule has 0 aliphatic rings. The van der Waals surface area contributed by atoms with Crippen molar-refractivity contribution in [3.63, 3.8) is 0 Å². The number of unbranched alkanes of at least 4 members (excludes halogenated alkanes) is 13. The average Bonchev–Trinajstić information content (AvgIpc) is 2.89. The molecule has 0 aromatic carbocycles. The first-order valence-electron chi connectivity index (χ1n) is 15.5. The van der Waals surface area contributed by atoms with Crippen LogP contribution in [0.4, 0.5) is 0 Å². The molecule has 0 aromatic rings. The van der Waals surface area contributed by atoms with Crippen molar-refractivity contribution >= 4 is 26.2 Å². The SMILES string of the molecule is CCCCCCCCCCSC(CCCCCCCCC)C(C)OCCCOC(O)(P=O)C(=O)OC(C)C. The van der Waals surface area contributed by atoms with Gasteiger partial charge in [-0.1, -0.05) is 104 Å². The van der Waals surface area contributed by atoms with E-state index in [1.807, 2.05) is 0 Å². The van der Waals surface area contributed by atoms with Gasteiger partial charge in [0, 0.05) is 11.9 Å². The molecule has 0 rings (SSSR count). The Hall–Kier alpha value is -0.200. The van der Waals surface area contributed by atoms with Gasteiger partial charge in [0.25, 0.3) is 0 Å². The highest BCUT2D eigenvalue weighted by Gasteiger charge is 2.41. The molecule has 0 aliphatic carbocycles. The topological polar surface area (TPSA) is 82.1 Å². The number of hydrogen-bond donors (Lipinski definition) is 1.